The summed E-state index contributed by atoms with van der Waals surface area (Å²) in [6.07, 6.45) is -4.96. The maximum Gasteiger partial charge on any atom is 0.416 e. The maximum absolute atomic E-state index is 13.2. The van der Waals surface area contributed by atoms with Gasteiger partial charge >= 0.3 is 6.18 Å². The minimum Gasteiger partial charge on any atom is -0.506 e. The molecule has 9 heteroatoms. The zero-order chi connectivity index (χ0) is 15.0. The molecule has 0 fully saturated rings. The van der Waals surface area contributed by atoms with Crippen LogP contribution in [0.15, 0.2) is 16.6 Å². The van der Waals surface area contributed by atoms with Gasteiger partial charge in [0.15, 0.2) is 0 Å². The number of nitrogens with two attached hydrogens (primary N) is 1. The van der Waals surface area contributed by atoms with Crippen LogP contribution in [-0.2, 0) is 6.18 Å². The molecule has 0 radical (unpaired) electrons. The maximum atomic E-state index is 13.2. The van der Waals surface area contributed by atoms with Gasteiger partial charge in [0.05, 0.1) is 10.0 Å². The molecule has 0 unspecified atom stereocenters. The van der Waals surface area contributed by atoms with E-state index >= 15 is 0 Å². The SMILES string of the molecule is N[C@@H](c1c(C(F)(F)F)ccc(Br)c1O)C(F)(F)CO. The molecule has 0 bridgehead atoms. The van der Waals surface area contributed by atoms with Crippen LogP contribution in [0.4, 0.5) is 22.0 Å². The zero-order valence-corrected chi connectivity index (χ0v) is 10.8. The molecule has 0 aromatic heterocycles. The number of phenols is 1. The molecule has 0 amide bonds. The molecule has 0 aliphatic rings. The second kappa shape index (κ2) is 5.22. The number of aliphatic hydroxyl groups excluding tert-OH is 1. The molecule has 108 valence electrons. The van der Waals surface area contributed by atoms with Crippen molar-refractivity contribution in [2.75, 3.05) is 6.61 Å². The van der Waals surface area contributed by atoms with Crippen molar-refractivity contribution in [3.8, 4) is 5.75 Å². The summed E-state index contributed by atoms with van der Waals surface area (Å²) in [5, 5.41) is 18.0. The molecule has 0 saturated heterocycles. The summed E-state index contributed by atoms with van der Waals surface area (Å²) >= 11 is 2.72. The Morgan fingerprint density at radius 1 is 1.21 bits per heavy atom. The fraction of sp³-hybridized carbons (Fsp3) is 0.400. The van der Waals surface area contributed by atoms with Crippen molar-refractivity contribution in [2.24, 2.45) is 5.73 Å². The zero-order valence-electron chi connectivity index (χ0n) is 9.18. The predicted octanol–water partition coefficient (Wildman–Crippen LogP) is 2.80. The number of halogens is 6. The highest BCUT2D eigenvalue weighted by Gasteiger charge is 2.45. The van der Waals surface area contributed by atoms with Crippen molar-refractivity contribution in [1.29, 1.82) is 0 Å². The second-order valence-corrected chi connectivity index (χ2v) is 4.61. The van der Waals surface area contributed by atoms with E-state index < -0.39 is 41.6 Å². The first-order valence-electron chi connectivity index (χ1n) is 4.85. The second-order valence-electron chi connectivity index (χ2n) is 3.75. The summed E-state index contributed by atoms with van der Waals surface area (Å²) in [6.45, 7) is -1.74. The Morgan fingerprint density at radius 3 is 2.16 bits per heavy atom. The lowest BCUT2D eigenvalue weighted by Crippen LogP contribution is -2.37. The first-order chi connectivity index (χ1) is 8.52. The molecule has 1 rings (SSSR count). The number of hydrogen-bond donors (Lipinski definition) is 3. The summed E-state index contributed by atoms with van der Waals surface area (Å²) < 4.78 is 64.4. The van der Waals surface area contributed by atoms with Crippen LogP contribution in [0.25, 0.3) is 0 Å². The topological polar surface area (TPSA) is 66.5 Å². The van der Waals surface area contributed by atoms with Gasteiger partial charge in [-0.3, -0.25) is 0 Å². The van der Waals surface area contributed by atoms with Crippen LogP contribution in [0.3, 0.4) is 0 Å². The average molecular weight is 350 g/mol. The van der Waals surface area contributed by atoms with E-state index in [1.54, 1.807) is 0 Å². The highest BCUT2D eigenvalue weighted by Crippen LogP contribution is 2.45. The van der Waals surface area contributed by atoms with E-state index in [-0.39, 0.29) is 4.47 Å². The molecule has 1 aromatic carbocycles. The molecule has 4 N–H and O–H groups in total. The van der Waals surface area contributed by atoms with Gasteiger partial charge in [-0.05, 0) is 28.1 Å². The van der Waals surface area contributed by atoms with Crippen LogP contribution < -0.4 is 5.73 Å². The van der Waals surface area contributed by atoms with Crippen LogP contribution >= 0.6 is 15.9 Å². The van der Waals surface area contributed by atoms with E-state index in [1.165, 1.54) is 0 Å². The molecule has 0 aliphatic heterocycles. The van der Waals surface area contributed by atoms with Gasteiger partial charge in [0.25, 0.3) is 5.92 Å². The Labute approximate surface area is 113 Å². The van der Waals surface area contributed by atoms with Gasteiger partial charge < -0.3 is 15.9 Å². The summed E-state index contributed by atoms with van der Waals surface area (Å²) in [4.78, 5) is 0. The van der Waals surface area contributed by atoms with Crippen LogP contribution in [0.2, 0.25) is 0 Å². The average Bonchev–Trinajstić information content (AvgIpc) is 2.30. The predicted molar refractivity (Wildman–Crippen MR) is 59.8 cm³/mol. The largest absolute Gasteiger partial charge is 0.506 e. The lowest BCUT2D eigenvalue weighted by atomic mass is 9.95. The van der Waals surface area contributed by atoms with Gasteiger partial charge in [0, 0.05) is 5.56 Å². The fourth-order valence-electron chi connectivity index (χ4n) is 1.45. The van der Waals surface area contributed by atoms with Crippen molar-refractivity contribution in [3.63, 3.8) is 0 Å². The normalized spacial score (nSPS) is 14.5. The Morgan fingerprint density at radius 2 is 1.74 bits per heavy atom. The van der Waals surface area contributed by atoms with Gasteiger partial charge in [-0.15, -0.1) is 0 Å². The van der Waals surface area contributed by atoms with Crippen LogP contribution in [0.1, 0.15) is 17.2 Å². The molecule has 0 heterocycles. The number of aliphatic hydroxyl groups is 1. The lowest BCUT2D eigenvalue weighted by Gasteiger charge is -2.25. The van der Waals surface area contributed by atoms with Gasteiger partial charge in [-0.1, -0.05) is 0 Å². The van der Waals surface area contributed by atoms with Crippen molar-refractivity contribution in [3.05, 3.63) is 27.7 Å². The summed E-state index contributed by atoms with van der Waals surface area (Å²) in [5.74, 6) is -5.03. The first kappa shape index (κ1) is 16.1. The fourth-order valence-corrected chi connectivity index (χ4v) is 1.80. The van der Waals surface area contributed by atoms with Crippen LogP contribution in [0, 0.1) is 0 Å². The van der Waals surface area contributed by atoms with Gasteiger partial charge in [-0.25, -0.2) is 8.78 Å². The Bertz CT molecular complexity index is 478. The first-order valence-corrected chi connectivity index (χ1v) is 5.64. The Kier molecular flexibility index (Phi) is 4.43. The van der Waals surface area contributed by atoms with Crippen molar-refractivity contribution in [2.45, 2.75) is 18.1 Å². The molecule has 0 saturated carbocycles. The molecule has 19 heavy (non-hydrogen) atoms. The monoisotopic (exact) mass is 349 g/mol. The minimum atomic E-state index is -4.96. The van der Waals surface area contributed by atoms with E-state index in [0.717, 1.165) is 6.07 Å². The van der Waals surface area contributed by atoms with E-state index in [1.807, 2.05) is 0 Å². The highest BCUT2D eigenvalue weighted by atomic mass is 79.9. The summed E-state index contributed by atoms with van der Waals surface area (Å²) in [5.41, 5.74) is 2.42. The molecule has 0 spiro atoms. The number of rotatable bonds is 3. The number of benzene rings is 1. The van der Waals surface area contributed by atoms with Crippen molar-refractivity contribution in [1.82, 2.24) is 0 Å². The Hall–Kier alpha value is -0.930. The lowest BCUT2D eigenvalue weighted by molar-refractivity contribution is -0.140. The quantitative estimate of drug-likeness (QED) is 0.735. The number of aromatic hydroxyl groups is 1. The number of alkyl halides is 5. The highest BCUT2D eigenvalue weighted by molar-refractivity contribution is 9.10. The standard InChI is InChI=1S/C10H9BrF5NO2/c11-5-2-1-4(10(14,15)16)6(7(5)19)8(17)9(12,13)3-18/h1-2,8,18-19H,3,17H2/t8-/m0/s1. The Balaban J connectivity index is 3.52. The number of phenolic OH excluding ortho intramolecular Hbond substituents is 1. The molecule has 1 aromatic rings. The third-order valence-corrected chi connectivity index (χ3v) is 3.09. The molecular formula is C10H9BrF5NO2. The van der Waals surface area contributed by atoms with Crippen molar-refractivity contribution >= 4 is 15.9 Å². The van der Waals surface area contributed by atoms with E-state index in [0.29, 0.717) is 6.07 Å². The van der Waals surface area contributed by atoms with Gasteiger partial charge in [0.2, 0.25) is 0 Å². The van der Waals surface area contributed by atoms with Gasteiger partial charge in [0.1, 0.15) is 18.4 Å². The van der Waals surface area contributed by atoms with Crippen LogP contribution in [-0.4, -0.2) is 22.7 Å². The summed E-state index contributed by atoms with van der Waals surface area (Å²) in [6, 6.07) is -1.11. The molecule has 0 aliphatic carbocycles. The molecular weight excluding hydrogens is 341 g/mol. The third kappa shape index (κ3) is 3.15. The third-order valence-electron chi connectivity index (χ3n) is 2.45. The summed E-state index contributed by atoms with van der Waals surface area (Å²) in [7, 11) is 0. The van der Waals surface area contributed by atoms with E-state index in [2.05, 4.69) is 15.9 Å². The minimum absolute atomic E-state index is 0.209. The van der Waals surface area contributed by atoms with Gasteiger partial charge in [-0.2, -0.15) is 13.2 Å². The molecule has 3 nitrogen and oxygen atoms in total. The van der Waals surface area contributed by atoms with E-state index in [9.17, 15) is 27.1 Å². The smallest absolute Gasteiger partial charge is 0.416 e. The van der Waals surface area contributed by atoms with E-state index in [4.69, 9.17) is 10.8 Å². The van der Waals surface area contributed by atoms with Crippen molar-refractivity contribution < 1.29 is 32.2 Å². The van der Waals surface area contributed by atoms with Crippen LogP contribution in [0.5, 0.6) is 5.75 Å². The number of hydrogen-bond acceptors (Lipinski definition) is 3. The molecule has 1 atom stereocenters.